The van der Waals surface area contributed by atoms with Crippen LogP contribution in [-0.2, 0) is 6.42 Å². The summed E-state index contributed by atoms with van der Waals surface area (Å²) in [5.41, 5.74) is 2.65. The standard InChI is InChI=1S/C16H14F2/c1-12-7-5-6-10-14(12)11-15(16(17)18)13-8-3-2-4-9-13/h2-10H,11H2,1H3. The normalized spacial score (nSPS) is 10.2. The summed E-state index contributed by atoms with van der Waals surface area (Å²) in [5, 5.41) is 0. The Morgan fingerprint density at radius 3 is 2.11 bits per heavy atom. The molecule has 0 aliphatic rings. The van der Waals surface area contributed by atoms with Gasteiger partial charge in [-0.3, -0.25) is 0 Å². The molecule has 0 aromatic heterocycles. The fourth-order valence-electron chi connectivity index (χ4n) is 1.92. The summed E-state index contributed by atoms with van der Waals surface area (Å²) >= 11 is 0. The molecule has 0 aliphatic heterocycles. The summed E-state index contributed by atoms with van der Waals surface area (Å²) in [6.07, 6.45) is -1.34. The molecule has 0 radical (unpaired) electrons. The molecule has 0 spiro atoms. The number of hydrogen-bond acceptors (Lipinski definition) is 0. The van der Waals surface area contributed by atoms with Crippen molar-refractivity contribution in [2.24, 2.45) is 0 Å². The number of hydrogen-bond donors (Lipinski definition) is 0. The number of rotatable bonds is 3. The molecule has 0 amide bonds. The van der Waals surface area contributed by atoms with Crippen LogP contribution < -0.4 is 0 Å². The highest BCUT2D eigenvalue weighted by atomic mass is 19.3. The third-order valence-electron chi connectivity index (χ3n) is 2.98. The van der Waals surface area contributed by atoms with Gasteiger partial charge in [0.05, 0.1) is 0 Å². The van der Waals surface area contributed by atoms with E-state index in [4.69, 9.17) is 0 Å². The average Bonchev–Trinajstić information content (AvgIpc) is 2.38. The second-order valence-electron chi connectivity index (χ2n) is 4.21. The van der Waals surface area contributed by atoms with Crippen molar-refractivity contribution in [3.63, 3.8) is 0 Å². The molecule has 0 N–H and O–H groups in total. The minimum Gasteiger partial charge on any atom is -0.173 e. The Hall–Kier alpha value is -1.96. The smallest absolute Gasteiger partial charge is 0.173 e. The van der Waals surface area contributed by atoms with E-state index in [2.05, 4.69) is 0 Å². The van der Waals surface area contributed by atoms with E-state index in [9.17, 15) is 8.78 Å². The zero-order valence-corrected chi connectivity index (χ0v) is 10.2. The van der Waals surface area contributed by atoms with Crippen LogP contribution in [0.3, 0.4) is 0 Å². The first kappa shape index (κ1) is 12.5. The van der Waals surface area contributed by atoms with Crippen molar-refractivity contribution in [3.05, 3.63) is 77.4 Å². The van der Waals surface area contributed by atoms with Crippen LogP contribution in [0.2, 0.25) is 0 Å². The largest absolute Gasteiger partial charge is 0.274 e. The third kappa shape index (κ3) is 2.83. The van der Waals surface area contributed by atoms with E-state index in [0.29, 0.717) is 5.56 Å². The second-order valence-corrected chi connectivity index (χ2v) is 4.21. The van der Waals surface area contributed by atoms with Gasteiger partial charge in [0.25, 0.3) is 6.08 Å². The Kier molecular flexibility index (Phi) is 3.88. The number of allylic oxidation sites excluding steroid dienone is 1. The Balaban J connectivity index is 2.36. The molecule has 0 fully saturated rings. The summed E-state index contributed by atoms with van der Waals surface area (Å²) in [4.78, 5) is 0. The van der Waals surface area contributed by atoms with Gasteiger partial charge in [-0.2, -0.15) is 8.78 Å². The SMILES string of the molecule is Cc1ccccc1CC(=C(F)F)c1ccccc1. The summed E-state index contributed by atoms with van der Waals surface area (Å²) in [6.45, 7) is 1.94. The molecule has 2 aromatic rings. The third-order valence-corrected chi connectivity index (χ3v) is 2.98. The van der Waals surface area contributed by atoms with Crippen molar-refractivity contribution in [2.75, 3.05) is 0 Å². The Morgan fingerprint density at radius 2 is 1.50 bits per heavy atom. The summed E-state index contributed by atoms with van der Waals surface area (Å²) in [7, 11) is 0. The molecular weight excluding hydrogens is 230 g/mol. The van der Waals surface area contributed by atoms with Gasteiger partial charge in [-0.05, 0) is 23.6 Å². The van der Waals surface area contributed by atoms with Gasteiger partial charge < -0.3 is 0 Å². The van der Waals surface area contributed by atoms with E-state index in [0.717, 1.165) is 11.1 Å². The van der Waals surface area contributed by atoms with Crippen molar-refractivity contribution < 1.29 is 8.78 Å². The lowest BCUT2D eigenvalue weighted by Crippen LogP contribution is -1.94. The Morgan fingerprint density at radius 1 is 0.889 bits per heavy atom. The first-order chi connectivity index (χ1) is 8.68. The van der Waals surface area contributed by atoms with E-state index in [1.807, 2.05) is 37.3 Å². The van der Waals surface area contributed by atoms with Gasteiger partial charge in [0.2, 0.25) is 0 Å². The minimum absolute atomic E-state index is 0.102. The molecule has 0 nitrogen and oxygen atoms in total. The first-order valence-corrected chi connectivity index (χ1v) is 5.82. The lowest BCUT2D eigenvalue weighted by Gasteiger charge is -2.09. The number of halogens is 2. The van der Waals surface area contributed by atoms with Crippen molar-refractivity contribution in [2.45, 2.75) is 13.3 Å². The topological polar surface area (TPSA) is 0 Å². The van der Waals surface area contributed by atoms with Crippen LogP contribution in [0.5, 0.6) is 0 Å². The molecule has 18 heavy (non-hydrogen) atoms. The highest BCUT2D eigenvalue weighted by Crippen LogP contribution is 2.26. The first-order valence-electron chi connectivity index (χ1n) is 5.82. The quantitative estimate of drug-likeness (QED) is 0.724. The average molecular weight is 244 g/mol. The fourth-order valence-corrected chi connectivity index (χ4v) is 1.92. The summed E-state index contributed by atoms with van der Waals surface area (Å²) < 4.78 is 26.2. The molecule has 92 valence electrons. The maximum atomic E-state index is 13.1. The molecule has 0 bridgehead atoms. The molecule has 2 heteroatoms. The Labute approximate surface area is 106 Å². The van der Waals surface area contributed by atoms with Crippen molar-refractivity contribution in [3.8, 4) is 0 Å². The molecule has 0 saturated heterocycles. The molecule has 0 unspecified atom stereocenters. The van der Waals surface area contributed by atoms with E-state index in [1.165, 1.54) is 0 Å². The van der Waals surface area contributed by atoms with Gasteiger partial charge in [0.15, 0.2) is 0 Å². The number of benzene rings is 2. The molecule has 0 heterocycles. The highest BCUT2D eigenvalue weighted by Gasteiger charge is 2.11. The predicted molar refractivity (Wildman–Crippen MR) is 70.5 cm³/mol. The second kappa shape index (κ2) is 5.58. The van der Waals surface area contributed by atoms with Crippen LogP contribution in [0, 0.1) is 6.92 Å². The zero-order valence-electron chi connectivity index (χ0n) is 10.2. The van der Waals surface area contributed by atoms with Gasteiger partial charge in [0, 0.05) is 12.0 Å². The van der Waals surface area contributed by atoms with Gasteiger partial charge in [-0.15, -0.1) is 0 Å². The van der Waals surface area contributed by atoms with Crippen LogP contribution >= 0.6 is 0 Å². The van der Waals surface area contributed by atoms with E-state index in [-0.39, 0.29) is 12.0 Å². The highest BCUT2D eigenvalue weighted by molar-refractivity contribution is 5.68. The summed E-state index contributed by atoms with van der Waals surface area (Å²) in [5.74, 6) is 0. The van der Waals surface area contributed by atoms with Crippen molar-refractivity contribution in [1.82, 2.24) is 0 Å². The monoisotopic (exact) mass is 244 g/mol. The molecule has 0 aliphatic carbocycles. The van der Waals surface area contributed by atoms with Gasteiger partial charge in [-0.1, -0.05) is 54.6 Å². The fraction of sp³-hybridized carbons (Fsp3) is 0.125. The lowest BCUT2D eigenvalue weighted by molar-refractivity contribution is 0.424. The van der Waals surface area contributed by atoms with E-state index >= 15 is 0 Å². The van der Waals surface area contributed by atoms with Gasteiger partial charge >= 0.3 is 0 Å². The van der Waals surface area contributed by atoms with Gasteiger partial charge in [0.1, 0.15) is 0 Å². The van der Waals surface area contributed by atoms with Crippen LogP contribution in [0.1, 0.15) is 16.7 Å². The van der Waals surface area contributed by atoms with Crippen LogP contribution in [0.15, 0.2) is 60.7 Å². The number of aryl methyl sites for hydroxylation is 1. The van der Waals surface area contributed by atoms with Gasteiger partial charge in [-0.25, -0.2) is 0 Å². The molecular formula is C16H14F2. The molecule has 0 saturated carbocycles. The zero-order chi connectivity index (χ0) is 13.0. The van der Waals surface area contributed by atoms with Crippen molar-refractivity contribution >= 4 is 5.57 Å². The lowest BCUT2D eigenvalue weighted by atomic mass is 9.96. The molecule has 2 aromatic carbocycles. The summed E-state index contributed by atoms with van der Waals surface area (Å²) in [6, 6.07) is 16.4. The molecule has 2 rings (SSSR count). The maximum absolute atomic E-state index is 13.1. The van der Waals surface area contributed by atoms with E-state index < -0.39 is 6.08 Å². The van der Waals surface area contributed by atoms with Crippen molar-refractivity contribution in [1.29, 1.82) is 0 Å². The van der Waals surface area contributed by atoms with Crippen LogP contribution in [0.4, 0.5) is 8.78 Å². The minimum atomic E-state index is -1.61. The van der Waals surface area contributed by atoms with Crippen LogP contribution in [-0.4, -0.2) is 0 Å². The Bertz CT molecular complexity index is 552. The van der Waals surface area contributed by atoms with Crippen LogP contribution in [0.25, 0.3) is 5.57 Å². The maximum Gasteiger partial charge on any atom is 0.274 e. The predicted octanol–water partition coefficient (Wildman–Crippen LogP) is 4.85. The molecule has 0 atom stereocenters. The van der Waals surface area contributed by atoms with E-state index in [1.54, 1.807) is 24.3 Å².